The Morgan fingerprint density at radius 2 is 1.38 bits per heavy atom. The number of urea groups is 2. The first-order valence-corrected chi connectivity index (χ1v) is 7.85. The molecule has 2 N–H and O–H groups in total. The van der Waals surface area contributed by atoms with Crippen molar-refractivity contribution in [2.75, 3.05) is 14.2 Å². The van der Waals surface area contributed by atoms with Crippen molar-refractivity contribution in [3.8, 4) is 0 Å². The molecule has 136 valence electrons. The van der Waals surface area contributed by atoms with E-state index in [-0.39, 0.29) is 13.1 Å². The fourth-order valence-electron chi connectivity index (χ4n) is 4.00. The number of hydrogen-bond donors (Lipinski definition) is 2. The van der Waals surface area contributed by atoms with Crippen LogP contribution in [0.5, 0.6) is 0 Å². The van der Waals surface area contributed by atoms with Gasteiger partial charge in [0, 0.05) is 0 Å². The lowest BCUT2D eigenvalue weighted by Gasteiger charge is -2.40. The van der Waals surface area contributed by atoms with E-state index in [1.165, 1.54) is 0 Å². The van der Waals surface area contributed by atoms with Gasteiger partial charge >= 0.3 is 24.0 Å². The smallest absolute Gasteiger partial charge is 0.358 e. The van der Waals surface area contributed by atoms with Crippen LogP contribution in [0.1, 0.15) is 11.1 Å². The number of methoxy groups -OCH3 is 2. The van der Waals surface area contributed by atoms with Crippen LogP contribution in [0.15, 0.2) is 24.3 Å². The van der Waals surface area contributed by atoms with Crippen LogP contribution in [-0.2, 0) is 32.2 Å². The fraction of sp³-hybridized carbons (Fsp3) is 0.375. The molecule has 1 aromatic rings. The van der Waals surface area contributed by atoms with Gasteiger partial charge in [-0.05, 0) is 11.1 Å². The number of rotatable bonds is 2. The predicted molar refractivity (Wildman–Crippen MR) is 84.1 cm³/mol. The van der Waals surface area contributed by atoms with Crippen LogP contribution in [0.25, 0.3) is 0 Å². The van der Waals surface area contributed by atoms with Gasteiger partial charge in [0.1, 0.15) is 0 Å². The lowest BCUT2D eigenvalue weighted by molar-refractivity contribution is -0.175. The average molecular weight is 360 g/mol. The molecule has 0 spiro atoms. The summed E-state index contributed by atoms with van der Waals surface area (Å²) in [4.78, 5) is 53.3. The second kappa shape index (κ2) is 5.10. The summed E-state index contributed by atoms with van der Waals surface area (Å²) in [6.07, 6.45) is 0. The lowest BCUT2D eigenvalue weighted by atomic mass is 9.93. The van der Waals surface area contributed by atoms with E-state index < -0.39 is 35.3 Å². The largest absolute Gasteiger partial charge is 0.466 e. The molecule has 3 aliphatic heterocycles. The Hall–Kier alpha value is -3.30. The molecule has 0 radical (unpaired) electrons. The van der Waals surface area contributed by atoms with Gasteiger partial charge in [0.2, 0.25) is 0 Å². The first kappa shape index (κ1) is 16.2. The molecule has 10 heteroatoms. The molecule has 1 aromatic carbocycles. The summed E-state index contributed by atoms with van der Waals surface area (Å²) in [5.74, 6) is -1.90. The van der Waals surface area contributed by atoms with E-state index in [9.17, 15) is 19.2 Å². The van der Waals surface area contributed by atoms with E-state index in [2.05, 4.69) is 10.6 Å². The van der Waals surface area contributed by atoms with Crippen LogP contribution in [-0.4, -0.2) is 59.3 Å². The van der Waals surface area contributed by atoms with E-state index in [0.29, 0.717) is 0 Å². The molecule has 2 saturated heterocycles. The third kappa shape index (κ3) is 1.61. The molecule has 3 heterocycles. The summed E-state index contributed by atoms with van der Waals surface area (Å²) in [5.41, 5.74) is -2.63. The second-order valence-corrected chi connectivity index (χ2v) is 6.21. The molecule has 3 aliphatic rings. The molecule has 0 atom stereocenters. The van der Waals surface area contributed by atoms with Crippen molar-refractivity contribution in [1.82, 2.24) is 20.4 Å². The zero-order valence-corrected chi connectivity index (χ0v) is 14.1. The molecule has 0 saturated carbocycles. The maximum atomic E-state index is 13.0. The molecule has 0 unspecified atom stereocenters. The Bertz CT molecular complexity index is 806. The molecule has 2 fully saturated rings. The minimum Gasteiger partial charge on any atom is -0.466 e. The van der Waals surface area contributed by atoms with Crippen LogP contribution < -0.4 is 10.6 Å². The summed E-state index contributed by atoms with van der Waals surface area (Å²) in [7, 11) is 2.24. The Labute approximate surface area is 148 Å². The van der Waals surface area contributed by atoms with E-state index >= 15 is 0 Å². The van der Waals surface area contributed by atoms with E-state index in [1.54, 1.807) is 24.3 Å². The average Bonchev–Trinajstić information content (AvgIpc) is 2.94. The molecule has 4 amide bonds. The summed E-state index contributed by atoms with van der Waals surface area (Å²) in [6.45, 7) is 0.0304. The fourth-order valence-corrected chi connectivity index (χ4v) is 4.00. The van der Waals surface area contributed by atoms with Crippen molar-refractivity contribution >= 4 is 24.0 Å². The van der Waals surface area contributed by atoms with Gasteiger partial charge in [-0.25, -0.2) is 19.2 Å². The monoisotopic (exact) mass is 360 g/mol. The summed E-state index contributed by atoms with van der Waals surface area (Å²) < 4.78 is 9.74. The predicted octanol–water partition coefficient (Wildman–Crippen LogP) is -0.511. The molecular weight excluding hydrogens is 344 g/mol. The third-order valence-corrected chi connectivity index (χ3v) is 5.12. The molecule has 10 nitrogen and oxygen atoms in total. The number of nitrogens with one attached hydrogen (secondary N) is 2. The van der Waals surface area contributed by atoms with Gasteiger partial charge in [-0.3, -0.25) is 9.80 Å². The number of hydrogen-bond acceptors (Lipinski definition) is 6. The van der Waals surface area contributed by atoms with Crippen molar-refractivity contribution in [3.05, 3.63) is 35.4 Å². The Balaban J connectivity index is 2.02. The third-order valence-electron chi connectivity index (χ3n) is 5.12. The van der Waals surface area contributed by atoms with Gasteiger partial charge < -0.3 is 20.1 Å². The number of benzene rings is 1. The Morgan fingerprint density at radius 3 is 1.81 bits per heavy atom. The van der Waals surface area contributed by atoms with Crippen LogP contribution in [0.3, 0.4) is 0 Å². The molecular formula is C16H16N4O6. The van der Waals surface area contributed by atoms with Gasteiger partial charge in [-0.2, -0.15) is 0 Å². The second-order valence-electron chi connectivity index (χ2n) is 6.21. The highest BCUT2D eigenvalue weighted by Gasteiger charge is 2.81. The van der Waals surface area contributed by atoms with Crippen LogP contribution in [0, 0.1) is 0 Å². The van der Waals surface area contributed by atoms with E-state index in [4.69, 9.17) is 9.47 Å². The zero-order chi connectivity index (χ0) is 18.7. The molecule has 4 rings (SSSR count). The number of carbonyl (C=O) groups excluding carboxylic acids is 4. The maximum Gasteiger partial charge on any atom is 0.358 e. The highest BCUT2D eigenvalue weighted by atomic mass is 16.5. The Morgan fingerprint density at radius 1 is 0.923 bits per heavy atom. The Kier molecular flexibility index (Phi) is 3.17. The normalized spacial score (nSPS) is 28.5. The highest BCUT2D eigenvalue weighted by Crippen LogP contribution is 2.46. The van der Waals surface area contributed by atoms with Crippen LogP contribution in [0.4, 0.5) is 9.59 Å². The standard InChI is InChI=1S/C16H16N4O6/c1-25-11(21)15-16(12(22)26-2)19(13(23)17-15)7-9-5-3-4-6-10(9)8-20(16)14(24)18-15/h3-6H,7-8H2,1-2H3,(H,17,23)(H,18,24). The summed E-state index contributed by atoms with van der Waals surface area (Å²) in [6, 6.07) is 5.80. The highest BCUT2D eigenvalue weighted by molar-refractivity contribution is 6.09. The van der Waals surface area contributed by atoms with Gasteiger partial charge in [0.25, 0.3) is 11.3 Å². The molecule has 0 bridgehead atoms. The van der Waals surface area contributed by atoms with Crippen molar-refractivity contribution in [3.63, 3.8) is 0 Å². The van der Waals surface area contributed by atoms with Gasteiger partial charge in [0.05, 0.1) is 27.3 Å². The lowest BCUT2D eigenvalue weighted by Crippen LogP contribution is -2.74. The number of carbonyl (C=O) groups is 4. The van der Waals surface area contributed by atoms with Crippen molar-refractivity contribution < 1.29 is 28.7 Å². The van der Waals surface area contributed by atoms with Gasteiger partial charge in [-0.1, -0.05) is 24.3 Å². The minimum atomic E-state index is -2.11. The number of nitrogens with zero attached hydrogens (tertiary/aromatic N) is 2. The SMILES string of the molecule is COC(=O)C12NC(=O)N3Cc4ccccc4CN(C(=O)N1)C32C(=O)OC. The van der Waals surface area contributed by atoms with E-state index in [1.807, 2.05) is 0 Å². The maximum absolute atomic E-state index is 13.0. The van der Waals surface area contributed by atoms with Crippen molar-refractivity contribution in [2.24, 2.45) is 0 Å². The van der Waals surface area contributed by atoms with E-state index in [0.717, 1.165) is 35.1 Å². The number of amides is 4. The topological polar surface area (TPSA) is 117 Å². The zero-order valence-electron chi connectivity index (χ0n) is 14.1. The van der Waals surface area contributed by atoms with Crippen LogP contribution in [0.2, 0.25) is 0 Å². The van der Waals surface area contributed by atoms with Crippen LogP contribution >= 0.6 is 0 Å². The molecule has 26 heavy (non-hydrogen) atoms. The van der Waals surface area contributed by atoms with Gasteiger partial charge in [-0.15, -0.1) is 0 Å². The number of fused-ring (bicyclic) bond motifs is 1. The van der Waals surface area contributed by atoms with Gasteiger partial charge in [0.15, 0.2) is 0 Å². The summed E-state index contributed by atoms with van der Waals surface area (Å²) >= 11 is 0. The number of esters is 2. The summed E-state index contributed by atoms with van der Waals surface area (Å²) in [5, 5.41) is 4.87. The first-order valence-electron chi connectivity index (χ1n) is 7.85. The first-order chi connectivity index (χ1) is 12.4. The molecule has 0 aromatic heterocycles. The minimum absolute atomic E-state index is 0.0152. The van der Waals surface area contributed by atoms with Crippen molar-refractivity contribution in [1.29, 1.82) is 0 Å². The molecule has 0 aliphatic carbocycles. The quantitative estimate of drug-likeness (QED) is 0.686. The van der Waals surface area contributed by atoms with Crippen molar-refractivity contribution in [2.45, 2.75) is 24.4 Å². The number of ether oxygens (including phenoxy) is 2.